The van der Waals surface area contributed by atoms with E-state index >= 15 is 0 Å². The second-order valence-corrected chi connectivity index (χ2v) is 5.97. The summed E-state index contributed by atoms with van der Waals surface area (Å²) in [6.45, 7) is 2.02. The minimum absolute atomic E-state index is 0.218. The average molecular weight is 302 g/mol. The normalized spacial score (nSPS) is 11.0. The molecule has 0 aliphatic heterocycles. The minimum Gasteiger partial charge on any atom is -0.197 e. The van der Waals surface area contributed by atoms with Crippen molar-refractivity contribution in [3.63, 3.8) is 0 Å². The molecular weight excluding hydrogens is 280 g/mol. The fourth-order valence-electron chi connectivity index (χ4n) is 3.09. The molecule has 0 aliphatic rings. The summed E-state index contributed by atoms with van der Waals surface area (Å²) in [5.41, 5.74) is 1.61. The lowest BCUT2D eigenvalue weighted by molar-refractivity contribution is 0.409. The number of benzene rings is 2. The summed E-state index contributed by atoms with van der Waals surface area (Å²) in [6, 6.07) is 25.2. The summed E-state index contributed by atoms with van der Waals surface area (Å²) in [6.07, 6.45) is 2.89. The molecule has 0 spiro atoms. The van der Waals surface area contributed by atoms with Crippen LogP contribution < -0.4 is 0 Å². The molecule has 0 unspecified atom stereocenters. The molecule has 2 aromatic rings. The topological polar surface area (TPSA) is 47.6 Å². The summed E-state index contributed by atoms with van der Waals surface area (Å²) >= 11 is 0. The van der Waals surface area contributed by atoms with Crippen molar-refractivity contribution in [3.05, 3.63) is 71.8 Å². The van der Waals surface area contributed by atoms with Gasteiger partial charge in [0.15, 0.2) is 0 Å². The Kier molecular flexibility index (Phi) is 5.95. The van der Waals surface area contributed by atoms with Crippen LogP contribution in [0.15, 0.2) is 60.7 Å². The zero-order valence-electron chi connectivity index (χ0n) is 13.6. The molecule has 0 saturated heterocycles. The van der Waals surface area contributed by atoms with Gasteiger partial charge in [-0.2, -0.15) is 10.5 Å². The van der Waals surface area contributed by atoms with Crippen molar-refractivity contribution in [2.24, 2.45) is 5.41 Å². The molecule has 0 aromatic heterocycles. The lowest BCUT2D eigenvalue weighted by atomic mass is 9.77. The molecule has 0 amide bonds. The van der Waals surface area contributed by atoms with E-state index in [0.717, 1.165) is 12.8 Å². The monoisotopic (exact) mass is 302 g/mol. The number of hydrogen-bond donors (Lipinski definition) is 0. The lowest BCUT2D eigenvalue weighted by Crippen LogP contribution is -2.17. The third kappa shape index (κ3) is 4.21. The molecule has 0 saturated carbocycles. The van der Waals surface area contributed by atoms with Gasteiger partial charge in [0.1, 0.15) is 5.41 Å². The Hall–Kier alpha value is -2.58. The predicted octanol–water partition coefficient (Wildman–Crippen LogP) is 5.43. The molecule has 2 aromatic carbocycles. The van der Waals surface area contributed by atoms with E-state index in [1.807, 2.05) is 43.3 Å². The van der Waals surface area contributed by atoms with E-state index in [-0.39, 0.29) is 5.92 Å². The Labute approximate surface area is 139 Å². The Morgan fingerprint density at radius 2 is 1.30 bits per heavy atom. The highest BCUT2D eigenvalue weighted by molar-refractivity contribution is 5.32. The van der Waals surface area contributed by atoms with Gasteiger partial charge in [-0.1, -0.05) is 74.0 Å². The van der Waals surface area contributed by atoms with Gasteiger partial charge >= 0.3 is 0 Å². The lowest BCUT2D eigenvalue weighted by Gasteiger charge is -2.23. The number of rotatable bonds is 7. The standard InChI is InChI=1S/C21H22N2/c1-2-14-21(16-22,17-23)15-13-20(18-9-5-3-6-10-18)19-11-7-4-8-12-19/h3-12,20H,2,13-15H2,1H3. The van der Waals surface area contributed by atoms with Gasteiger partial charge in [0.25, 0.3) is 0 Å². The van der Waals surface area contributed by atoms with Crippen LogP contribution >= 0.6 is 0 Å². The zero-order valence-corrected chi connectivity index (χ0v) is 13.6. The van der Waals surface area contributed by atoms with Crippen molar-refractivity contribution < 1.29 is 0 Å². The van der Waals surface area contributed by atoms with Crippen LogP contribution in [0.1, 0.15) is 49.7 Å². The molecule has 116 valence electrons. The van der Waals surface area contributed by atoms with Crippen LogP contribution in [0.25, 0.3) is 0 Å². The number of nitriles is 2. The van der Waals surface area contributed by atoms with Crippen molar-refractivity contribution >= 4 is 0 Å². The van der Waals surface area contributed by atoms with Gasteiger partial charge in [-0.25, -0.2) is 0 Å². The molecular formula is C21H22N2. The SMILES string of the molecule is CCCC(C#N)(C#N)CCC(c1ccccc1)c1ccccc1. The molecule has 2 rings (SSSR count). The summed E-state index contributed by atoms with van der Waals surface area (Å²) in [4.78, 5) is 0. The Morgan fingerprint density at radius 1 is 0.826 bits per heavy atom. The molecule has 0 N–H and O–H groups in total. The maximum atomic E-state index is 9.49. The maximum absolute atomic E-state index is 9.49. The van der Waals surface area contributed by atoms with E-state index in [1.165, 1.54) is 11.1 Å². The molecule has 2 nitrogen and oxygen atoms in total. The smallest absolute Gasteiger partial charge is 0.143 e. The summed E-state index contributed by atoms with van der Waals surface area (Å²) in [7, 11) is 0. The van der Waals surface area contributed by atoms with E-state index in [1.54, 1.807) is 0 Å². The molecule has 0 fully saturated rings. The van der Waals surface area contributed by atoms with Gasteiger partial charge in [-0.05, 0) is 30.4 Å². The van der Waals surface area contributed by atoms with Crippen molar-refractivity contribution in [1.82, 2.24) is 0 Å². The molecule has 0 atom stereocenters. The zero-order chi connectivity index (χ0) is 16.5. The van der Waals surface area contributed by atoms with Crippen molar-refractivity contribution in [2.75, 3.05) is 0 Å². The fraction of sp³-hybridized carbons (Fsp3) is 0.333. The van der Waals surface area contributed by atoms with Crippen molar-refractivity contribution in [2.45, 2.75) is 38.5 Å². The van der Waals surface area contributed by atoms with Gasteiger partial charge in [0.05, 0.1) is 12.1 Å². The maximum Gasteiger partial charge on any atom is 0.143 e. The molecule has 23 heavy (non-hydrogen) atoms. The number of hydrogen-bond acceptors (Lipinski definition) is 2. The van der Waals surface area contributed by atoms with Crippen LogP contribution in [-0.2, 0) is 0 Å². The van der Waals surface area contributed by atoms with E-state index in [0.29, 0.717) is 12.8 Å². The summed E-state index contributed by atoms with van der Waals surface area (Å²) in [5.74, 6) is 0.218. The third-order valence-corrected chi connectivity index (χ3v) is 4.37. The first-order chi connectivity index (χ1) is 11.2. The second-order valence-electron chi connectivity index (χ2n) is 5.97. The second kappa shape index (κ2) is 8.16. The van der Waals surface area contributed by atoms with Gasteiger partial charge in [-0.15, -0.1) is 0 Å². The van der Waals surface area contributed by atoms with Gasteiger partial charge in [0, 0.05) is 5.92 Å². The van der Waals surface area contributed by atoms with Gasteiger partial charge in [-0.3, -0.25) is 0 Å². The van der Waals surface area contributed by atoms with Gasteiger partial charge in [0.2, 0.25) is 0 Å². The highest BCUT2D eigenvalue weighted by atomic mass is 14.4. The first-order valence-corrected chi connectivity index (χ1v) is 8.17. The summed E-state index contributed by atoms with van der Waals surface area (Å²) in [5, 5.41) is 19.0. The minimum atomic E-state index is -0.865. The van der Waals surface area contributed by atoms with Crippen LogP contribution in [0.5, 0.6) is 0 Å². The molecule has 0 aliphatic carbocycles. The Morgan fingerprint density at radius 3 is 1.70 bits per heavy atom. The molecule has 0 bridgehead atoms. The fourth-order valence-corrected chi connectivity index (χ4v) is 3.09. The van der Waals surface area contributed by atoms with Crippen molar-refractivity contribution in [1.29, 1.82) is 10.5 Å². The quantitative estimate of drug-likeness (QED) is 0.684. The Balaban J connectivity index is 2.26. The Bertz CT molecular complexity index is 624. The van der Waals surface area contributed by atoms with Crippen LogP contribution in [-0.4, -0.2) is 0 Å². The summed E-state index contributed by atoms with van der Waals surface area (Å²) < 4.78 is 0. The number of nitrogens with zero attached hydrogens (tertiary/aromatic N) is 2. The largest absolute Gasteiger partial charge is 0.197 e. The average Bonchev–Trinajstić information content (AvgIpc) is 2.63. The first kappa shape index (κ1) is 16.8. The van der Waals surface area contributed by atoms with Crippen LogP contribution in [0.2, 0.25) is 0 Å². The first-order valence-electron chi connectivity index (χ1n) is 8.17. The molecule has 0 heterocycles. The highest BCUT2D eigenvalue weighted by Crippen LogP contribution is 2.36. The van der Waals surface area contributed by atoms with E-state index in [2.05, 4.69) is 36.4 Å². The third-order valence-electron chi connectivity index (χ3n) is 4.37. The van der Waals surface area contributed by atoms with Crippen LogP contribution in [0.3, 0.4) is 0 Å². The van der Waals surface area contributed by atoms with Crippen molar-refractivity contribution in [3.8, 4) is 12.1 Å². The molecule has 2 heteroatoms. The van der Waals surface area contributed by atoms with Crippen LogP contribution in [0.4, 0.5) is 0 Å². The molecule has 0 radical (unpaired) electrons. The predicted molar refractivity (Wildman–Crippen MR) is 92.5 cm³/mol. The van der Waals surface area contributed by atoms with Gasteiger partial charge < -0.3 is 0 Å². The van der Waals surface area contributed by atoms with E-state index in [4.69, 9.17) is 0 Å². The highest BCUT2D eigenvalue weighted by Gasteiger charge is 2.30. The van der Waals surface area contributed by atoms with E-state index < -0.39 is 5.41 Å². The van der Waals surface area contributed by atoms with Crippen LogP contribution in [0, 0.1) is 28.1 Å². The van der Waals surface area contributed by atoms with E-state index in [9.17, 15) is 10.5 Å².